The molecule has 2 aromatic heterocycles. The van der Waals surface area contributed by atoms with E-state index < -0.39 is 14.4 Å². The number of aryl methyl sites for hydroxylation is 1. The Balaban J connectivity index is 1.25. The van der Waals surface area contributed by atoms with Crippen LogP contribution in [-0.4, -0.2) is 53.2 Å². The fraction of sp³-hybridized carbons (Fsp3) is 0.250. The van der Waals surface area contributed by atoms with Crippen molar-refractivity contribution in [1.82, 2.24) is 20.1 Å². The Morgan fingerprint density at radius 3 is 2.63 bits per heavy atom. The molecule has 1 amide bonds. The molecule has 0 fully saturated rings. The zero-order valence-corrected chi connectivity index (χ0v) is 27.0. The Labute approximate surface area is 260 Å². The molecule has 2 N–H and O–H groups in total. The van der Waals surface area contributed by atoms with Crippen molar-refractivity contribution in [3.63, 3.8) is 0 Å². The highest BCUT2D eigenvalue weighted by atomic mass is 35.5. The van der Waals surface area contributed by atoms with E-state index in [4.69, 9.17) is 21.3 Å². The molecule has 0 saturated carbocycles. The molecule has 3 heterocycles. The number of hydrogen-bond donors (Lipinski definition) is 2. The topological polar surface area (TPSA) is 102 Å². The molecule has 0 spiro atoms. The van der Waals surface area contributed by atoms with Gasteiger partial charge in [0.2, 0.25) is 14.2 Å². The lowest BCUT2D eigenvalue weighted by Crippen LogP contribution is -2.41. The van der Waals surface area contributed by atoms with Crippen LogP contribution >= 0.6 is 22.9 Å². The number of fused-ring (bicyclic) bond motifs is 4. The highest BCUT2D eigenvalue weighted by Gasteiger charge is 2.30. The van der Waals surface area contributed by atoms with Crippen molar-refractivity contribution in [2.75, 3.05) is 13.7 Å². The van der Waals surface area contributed by atoms with Gasteiger partial charge < -0.3 is 14.8 Å². The van der Waals surface area contributed by atoms with Gasteiger partial charge in [-0.05, 0) is 79.5 Å². The molecule has 11 heteroatoms. The zero-order valence-electron chi connectivity index (χ0n) is 24.4. The summed E-state index contributed by atoms with van der Waals surface area (Å²) in [4.78, 5) is 30.1. The second kappa shape index (κ2) is 11.7. The number of aromatic nitrogens is 3. The number of methoxy groups -OCH3 is 1. The van der Waals surface area contributed by atoms with Crippen LogP contribution in [-0.2, 0) is 11.2 Å². The van der Waals surface area contributed by atoms with Crippen LogP contribution in [0.4, 0.5) is 0 Å². The molecule has 3 aromatic carbocycles. The standard InChI is InChI=1S/C32H32ClN5O3SSi/c1-19-36-37-32-27(18-30(39)34-14-13-24-15-21-7-11-25(43(3,4)40)17-29(21)42-24)35-31(20-5-8-22(33)9-6-20)26-16-23(41-2)10-12-28(26)38(19)32/h5-12,15-17,27,40H,13-14,18H2,1-4H3,(H,34,39)/t27-/m0/s1. The van der Waals surface area contributed by atoms with Crippen molar-refractivity contribution >= 4 is 58.1 Å². The summed E-state index contributed by atoms with van der Waals surface area (Å²) in [5, 5.41) is 14.7. The van der Waals surface area contributed by atoms with E-state index in [2.05, 4.69) is 33.7 Å². The summed E-state index contributed by atoms with van der Waals surface area (Å²) >= 11 is 7.90. The largest absolute Gasteiger partial charge is 0.497 e. The van der Waals surface area contributed by atoms with E-state index in [9.17, 15) is 9.59 Å². The summed E-state index contributed by atoms with van der Waals surface area (Å²) in [6.45, 7) is 6.25. The molecule has 5 aromatic rings. The van der Waals surface area contributed by atoms with Crippen LogP contribution < -0.4 is 15.2 Å². The summed E-state index contributed by atoms with van der Waals surface area (Å²) in [5.74, 6) is 1.90. The molecular formula is C32H32ClN5O3SSi. The number of amides is 1. The highest BCUT2D eigenvalue weighted by molar-refractivity contribution is 7.19. The van der Waals surface area contributed by atoms with Crippen molar-refractivity contribution in [1.29, 1.82) is 0 Å². The smallest absolute Gasteiger partial charge is 0.222 e. The van der Waals surface area contributed by atoms with Crippen molar-refractivity contribution in [3.05, 3.63) is 99.4 Å². The van der Waals surface area contributed by atoms with Gasteiger partial charge in [-0.3, -0.25) is 14.4 Å². The summed E-state index contributed by atoms with van der Waals surface area (Å²) in [5.41, 5.74) is 3.33. The highest BCUT2D eigenvalue weighted by Crippen LogP contribution is 2.34. The first-order valence-corrected chi connectivity index (χ1v) is 18.2. The predicted molar refractivity (Wildman–Crippen MR) is 175 cm³/mol. The molecular weight excluding hydrogens is 598 g/mol. The van der Waals surface area contributed by atoms with Crippen molar-refractivity contribution < 1.29 is 14.3 Å². The zero-order chi connectivity index (χ0) is 30.3. The van der Waals surface area contributed by atoms with Crippen LogP contribution in [0.1, 0.15) is 40.1 Å². The second-order valence-electron chi connectivity index (χ2n) is 11.2. The van der Waals surface area contributed by atoms with Crippen molar-refractivity contribution in [3.8, 4) is 11.4 Å². The van der Waals surface area contributed by atoms with Crippen LogP contribution in [0.3, 0.4) is 0 Å². The van der Waals surface area contributed by atoms with Crippen molar-refractivity contribution in [2.24, 2.45) is 4.99 Å². The summed E-state index contributed by atoms with van der Waals surface area (Å²) < 4.78 is 8.67. The van der Waals surface area contributed by atoms with Gasteiger partial charge in [-0.25, -0.2) is 0 Å². The van der Waals surface area contributed by atoms with E-state index in [1.807, 2.05) is 73.1 Å². The van der Waals surface area contributed by atoms with Crippen LogP contribution in [0.15, 0.2) is 71.7 Å². The maximum Gasteiger partial charge on any atom is 0.222 e. The monoisotopic (exact) mass is 629 g/mol. The second-order valence-corrected chi connectivity index (χ2v) is 16.5. The number of hydrogen-bond acceptors (Lipinski definition) is 7. The van der Waals surface area contributed by atoms with Gasteiger partial charge in [0.25, 0.3) is 0 Å². The first kappa shape index (κ1) is 29.2. The van der Waals surface area contributed by atoms with E-state index in [-0.39, 0.29) is 12.3 Å². The number of benzene rings is 3. The third-order valence-corrected chi connectivity index (χ3v) is 10.7. The minimum atomic E-state index is -2.37. The van der Waals surface area contributed by atoms with E-state index in [0.29, 0.717) is 35.4 Å². The van der Waals surface area contributed by atoms with Gasteiger partial charge in [-0.2, -0.15) is 0 Å². The SMILES string of the molecule is COc1ccc2c(c1)C(c1ccc(Cl)cc1)=N[C@@H](CC(=O)NCCc1cc3ccc([Si](C)(C)O)cc3s1)c1nnc(C)n1-2. The van der Waals surface area contributed by atoms with Gasteiger partial charge in [-0.15, -0.1) is 21.5 Å². The maximum absolute atomic E-state index is 13.3. The fourth-order valence-electron chi connectivity index (χ4n) is 5.34. The maximum atomic E-state index is 13.3. The molecule has 43 heavy (non-hydrogen) atoms. The molecule has 8 nitrogen and oxygen atoms in total. The molecule has 0 saturated heterocycles. The number of thiophene rings is 1. The molecule has 0 radical (unpaired) electrons. The molecule has 220 valence electrons. The van der Waals surface area contributed by atoms with Gasteiger partial charge in [0.05, 0.1) is 24.9 Å². The molecule has 0 bridgehead atoms. The Bertz CT molecular complexity index is 1860. The summed E-state index contributed by atoms with van der Waals surface area (Å²) in [6, 6.07) is 21.1. The van der Waals surface area contributed by atoms with Gasteiger partial charge in [0.1, 0.15) is 17.6 Å². The molecule has 1 aliphatic heterocycles. The Hall–Kier alpha value is -3.83. The van der Waals surface area contributed by atoms with E-state index in [1.54, 1.807) is 18.4 Å². The number of rotatable bonds is 8. The first-order valence-electron chi connectivity index (χ1n) is 14.1. The molecule has 1 aliphatic rings. The number of nitrogens with zero attached hydrogens (tertiary/aromatic N) is 4. The van der Waals surface area contributed by atoms with Gasteiger partial charge in [0, 0.05) is 32.3 Å². The number of aliphatic imine (C=N–C) groups is 1. The lowest BCUT2D eigenvalue weighted by atomic mass is 10.00. The van der Waals surface area contributed by atoms with E-state index in [1.165, 1.54) is 4.88 Å². The molecule has 6 rings (SSSR count). The third-order valence-electron chi connectivity index (χ3n) is 7.60. The quantitative estimate of drug-likeness (QED) is 0.221. The van der Waals surface area contributed by atoms with E-state index >= 15 is 0 Å². The molecule has 1 atom stereocenters. The third kappa shape index (κ3) is 6.01. The first-order chi connectivity index (χ1) is 20.6. The number of carbonyl (C=O) groups excluding carboxylic acids is 1. The molecule has 0 aliphatic carbocycles. The average molecular weight is 630 g/mol. The molecule has 0 unspecified atom stereocenters. The Morgan fingerprint density at radius 2 is 1.88 bits per heavy atom. The number of halogens is 1. The van der Waals surface area contributed by atoms with E-state index in [0.717, 1.165) is 37.8 Å². The van der Waals surface area contributed by atoms with Crippen LogP contribution in [0.2, 0.25) is 18.1 Å². The van der Waals surface area contributed by atoms with Crippen molar-refractivity contribution in [2.45, 2.75) is 38.9 Å². The van der Waals surface area contributed by atoms with Crippen LogP contribution in [0.25, 0.3) is 15.8 Å². The lowest BCUT2D eigenvalue weighted by Gasteiger charge is -2.14. The van der Waals surface area contributed by atoms with Gasteiger partial charge in [0.15, 0.2) is 5.82 Å². The minimum Gasteiger partial charge on any atom is -0.497 e. The Morgan fingerprint density at radius 1 is 1.09 bits per heavy atom. The minimum absolute atomic E-state index is 0.114. The van der Waals surface area contributed by atoms with Crippen LogP contribution in [0.5, 0.6) is 5.75 Å². The van der Waals surface area contributed by atoms with Crippen LogP contribution in [0, 0.1) is 6.92 Å². The normalized spacial score (nSPS) is 14.6. The number of nitrogens with one attached hydrogen (secondary N) is 1. The number of carbonyl (C=O) groups is 1. The fourth-order valence-corrected chi connectivity index (χ4v) is 7.66. The average Bonchev–Trinajstić information content (AvgIpc) is 3.53. The van der Waals surface area contributed by atoms with Gasteiger partial charge in [-0.1, -0.05) is 35.9 Å². The number of ether oxygens (including phenoxy) is 1. The predicted octanol–water partition coefficient (Wildman–Crippen LogP) is 5.50. The summed E-state index contributed by atoms with van der Waals surface area (Å²) in [6.07, 6.45) is 0.831. The lowest BCUT2D eigenvalue weighted by molar-refractivity contribution is -0.121. The summed E-state index contributed by atoms with van der Waals surface area (Å²) in [7, 11) is -0.737. The van der Waals surface area contributed by atoms with Gasteiger partial charge >= 0.3 is 0 Å². The Kier molecular flexibility index (Phi) is 7.95.